The zero-order chi connectivity index (χ0) is 18.4. The van der Waals surface area contributed by atoms with Crippen molar-refractivity contribution >= 4 is 16.9 Å². The Morgan fingerprint density at radius 2 is 1.92 bits per heavy atom. The first-order valence-corrected chi connectivity index (χ1v) is 8.16. The number of carbonyl (C=O) groups excluding carboxylic acids is 1. The summed E-state index contributed by atoms with van der Waals surface area (Å²) in [6.07, 6.45) is 3.30. The predicted molar refractivity (Wildman–Crippen MR) is 99.0 cm³/mol. The Morgan fingerprint density at radius 1 is 1.24 bits per heavy atom. The van der Waals surface area contributed by atoms with Gasteiger partial charge < -0.3 is 14.1 Å². The number of fused-ring (bicyclic) bond motifs is 1. The van der Waals surface area contributed by atoms with Crippen LogP contribution in [0, 0.1) is 0 Å². The van der Waals surface area contributed by atoms with Gasteiger partial charge in [0.15, 0.2) is 6.61 Å². The van der Waals surface area contributed by atoms with Gasteiger partial charge in [0, 0.05) is 30.6 Å². The molecule has 0 bridgehead atoms. The molecular formula is C20H23NO4. The predicted octanol–water partition coefficient (Wildman–Crippen LogP) is 3.50. The van der Waals surface area contributed by atoms with Crippen molar-refractivity contribution in [3.8, 4) is 5.75 Å². The molecule has 1 aromatic carbocycles. The summed E-state index contributed by atoms with van der Waals surface area (Å²) in [5.41, 5.74) is 0.986. The topological polar surface area (TPSA) is 59.8 Å². The fraction of sp³-hybridized carbons (Fsp3) is 0.300. The SMILES string of the molecule is C=CCN(CC=C)C(=O)COc1ccc2c(C(C)C)cc(=O)oc2c1. The maximum Gasteiger partial charge on any atom is 0.336 e. The maximum atomic E-state index is 12.2. The molecule has 1 amide bonds. The second-order valence-electron chi connectivity index (χ2n) is 6.00. The second kappa shape index (κ2) is 8.33. The fourth-order valence-corrected chi connectivity index (χ4v) is 2.56. The lowest BCUT2D eigenvalue weighted by molar-refractivity contribution is -0.132. The Balaban J connectivity index is 2.19. The van der Waals surface area contributed by atoms with E-state index in [1.54, 1.807) is 29.2 Å². The molecule has 0 unspecified atom stereocenters. The van der Waals surface area contributed by atoms with Crippen molar-refractivity contribution in [2.45, 2.75) is 19.8 Å². The third kappa shape index (κ3) is 4.59. The molecule has 1 heterocycles. The van der Waals surface area contributed by atoms with Gasteiger partial charge in [-0.25, -0.2) is 4.79 Å². The zero-order valence-electron chi connectivity index (χ0n) is 14.7. The lowest BCUT2D eigenvalue weighted by Crippen LogP contribution is -2.35. The summed E-state index contributed by atoms with van der Waals surface area (Å²) in [5, 5.41) is 0.869. The molecule has 0 atom stereocenters. The number of hydrogen-bond acceptors (Lipinski definition) is 4. The van der Waals surface area contributed by atoms with E-state index in [9.17, 15) is 9.59 Å². The summed E-state index contributed by atoms with van der Waals surface area (Å²) in [4.78, 5) is 25.5. The van der Waals surface area contributed by atoms with Gasteiger partial charge in [-0.2, -0.15) is 0 Å². The number of ether oxygens (including phenoxy) is 1. The minimum absolute atomic E-state index is 0.110. The highest BCUT2D eigenvalue weighted by Crippen LogP contribution is 2.27. The molecule has 0 N–H and O–H groups in total. The van der Waals surface area contributed by atoms with Gasteiger partial charge in [-0.3, -0.25) is 4.79 Å². The van der Waals surface area contributed by atoms with E-state index < -0.39 is 5.63 Å². The summed E-state index contributed by atoms with van der Waals surface area (Å²) in [6.45, 7) is 12.1. The monoisotopic (exact) mass is 341 g/mol. The molecule has 0 spiro atoms. The highest BCUT2D eigenvalue weighted by Gasteiger charge is 2.13. The maximum absolute atomic E-state index is 12.2. The number of rotatable bonds is 8. The molecule has 2 rings (SSSR count). The Hall–Kier alpha value is -2.82. The standard InChI is InChI=1S/C20H23NO4/c1-5-9-21(10-6-2)19(22)13-24-15-7-8-16-17(14(3)4)12-20(23)25-18(16)11-15/h5-8,11-12,14H,1-2,9-10,13H2,3-4H3. The molecule has 0 fully saturated rings. The normalized spacial score (nSPS) is 10.7. The Kier molecular flexibility index (Phi) is 6.17. The number of nitrogens with zero attached hydrogens (tertiary/aromatic N) is 1. The molecule has 132 valence electrons. The summed E-state index contributed by atoms with van der Waals surface area (Å²) in [6, 6.07) is 6.77. The van der Waals surface area contributed by atoms with Crippen LogP contribution in [0.5, 0.6) is 5.75 Å². The summed E-state index contributed by atoms with van der Waals surface area (Å²) in [7, 11) is 0. The minimum atomic E-state index is -0.396. The van der Waals surface area contributed by atoms with Gasteiger partial charge in [0.2, 0.25) is 0 Å². The van der Waals surface area contributed by atoms with Gasteiger partial charge >= 0.3 is 5.63 Å². The molecule has 0 saturated carbocycles. The summed E-state index contributed by atoms with van der Waals surface area (Å²) < 4.78 is 10.8. The van der Waals surface area contributed by atoms with Crippen LogP contribution in [0.3, 0.4) is 0 Å². The van der Waals surface area contributed by atoms with Crippen LogP contribution in [0.15, 0.2) is 58.8 Å². The third-order valence-corrected chi connectivity index (χ3v) is 3.78. The molecule has 1 aromatic heterocycles. The number of carbonyl (C=O) groups is 1. The van der Waals surface area contributed by atoms with E-state index in [4.69, 9.17) is 9.15 Å². The first kappa shape index (κ1) is 18.5. The molecule has 0 radical (unpaired) electrons. The molecule has 0 aliphatic carbocycles. The van der Waals surface area contributed by atoms with Crippen molar-refractivity contribution < 1.29 is 13.9 Å². The van der Waals surface area contributed by atoms with Crippen LogP contribution < -0.4 is 10.4 Å². The molecule has 5 heteroatoms. The Bertz CT molecular complexity index is 825. The number of benzene rings is 1. The highest BCUT2D eigenvalue weighted by molar-refractivity contribution is 5.82. The lowest BCUT2D eigenvalue weighted by atomic mass is 10.00. The molecule has 0 saturated heterocycles. The van der Waals surface area contributed by atoms with Gasteiger partial charge in [-0.1, -0.05) is 26.0 Å². The Morgan fingerprint density at radius 3 is 2.52 bits per heavy atom. The van der Waals surface area contributed by atoms with E-state index in [-0.39, 0.29) is 18.4 Å². The van der Waals surface area contributed by atoms with E-state index in [1.165, 1.54) is 6.07 Å². The summed E-state index contributed by atoms with van der Waals surface area (Å²) in [5.74, 6) is 0.505. The van der Waals surface area contributed by atoms with Gasteiger partial charge in [-0.05, 0) is 23.6 Å². The average molecular weight is 341 g/mol. The molecule has 2 aromatic rings. The minimum Gasteiger partial charge on any atom is -0.484 e. The molecule has 0 aliphatic heterocycles. The van der Waals surface area contributed by atoms with Gasteiger partial charge in [0.05, 0.1) is 0 Å². The van der Waals surface area contributed by atoms with Crippen molar-refractivity contribution in [3.05, 3.63) is 65.6 Å². The van der Waals surface area contributed by atoms with E-state index in [0.29, 0.717) is 24.4 Å². The number of amides is 1. The zero-order valence-corrected chi connectivity index (χ0v) is 14.7. The van der Waals surface area contributed by atoms with Crippen molar-refractivity contribution in [2.24, 2.45) is 0 Å². The van der Waals surface area contributed by atoms with Crippen LogP contribution in [0.25, 0.3) is 11.0 Å². The van der Waals surface area contributed by atoms with Crippen LogP contribution in [-0.2, 0) is 4.79 Å². The second-order valence-corrected chi connectivity index (χ2v) is 6.00. The smallest absolute Gasteiger partial charge is 0.336 e. The molecule has 0 aliphatic rings. The van der Waals surface area contributed by atoms with Gasteiger partial charge in [0.25, 0.3) is 5.91 Å². The van der Waals surface area contributed by atoms with Crippen molar-refractivity contribution in [1.29, 1.82) is 0 Å². The van der Waals surface area contributed by atoms with Crippen LogP contribution in [0.1, 0.15) is 25.3 Å². The van der Waals surface area contributed by atoms with Crippen LogP contribution in [0.2, 0.25) is 0 Å². The first-order valence-electron chi connectivity index (χ1n) is 8.16. The Labute approximate surface area is 147 Å². The average Bonchev–Trinajstić information content (AvgIpc) is 2.58. The van der Waals surface area contributed by atoms with Gasteiger partial charge in [0.1, 0.15) is 11.3 Å². The highest BCUT2D eigenvalue weighted by atomic mass is 16.5. The van der Waals surface area contributed by atoms with Gasteiger partial charge in [-0.15, -0.1) is 13.2 Å². The summed E-state index contributed by atoms with van der Waals surface area (Å²) >= 11 is 0. The van der Waals surface area contributed by atoms with E-state index in [0.717, 1.165) is 10.9 Å². The third-order valence-electron chi connectivity index (χ3n) is 3.78. The van der Waals surface area contributed by atoms with Crippen molar-refractivity contribution in [2.75, 3.05) is 19.7 Å². The molecule has 25 heavy (non-hydrogen) atoms. The van der Waals surface area contributed by atoms with Crippen molar-refractivity contribution in [1.82, 2.24) is 4.90 Å². The van der Waals surface area contributed by atoms with E-state index in [2.05, 4.69) is 13.2 Å². The quantitative estimate of drug-likeness (QED) is 0.545. The lowest BCUT2D eigenvalue weighted by Gasteiger charge is -2.19. The first-order chi connectivity index (χ1) is 12.0. The van der Waals surface area contributed by atoms with Crippen LogP contribution in [-0.4, -0.2) is 30.5 Å². The number of hydrogen-bond donors (Lipinski definition) is 0. The van der Waals surface area contributed by atoms with Crippen molar-refractivity contribution in [3.63, 3.8) is 0 Å². The fourth-order valence-electron chi connectivity index (χ4n) is 2.56. The van der Waals surface area contributed by atoms with Crippen LogP contribution in [0.4, 0.5) is 0 Å². The van der Waals surface area contributed by atoms with Crippen LogP contribution >= 0.6 is 0 Å². The largest absolute Gasteiger partial charge is 0.484 e. The van der Waals surface area contributed by atoms with E-state index >= 15 is 0 Å². The molecular weight excluding hydrogens is 318 g/mol. The molecule has 5 nitrogen and oxygen atoms in total. The van der Waals surface area contributed by atoms with E-state index in [1.807, 2.05) is 19.9 Å².